The maximum absolute atomic E-state index is 11.6. The predicted molar refractivity (Wildman–Crippen MR) is 72.6 cm³/mol. The number of aliphatic hydroxyl groups is 1. The van der Waals surface area contributed by atoms with Crippen LogP contribution in [-0.4, -0.2) is 48.8 Å². The highest BCUT2D eigenvalue weighted by atomic mass is 16.5. The van der Waals surface area contributed by atoms with Crippen LogP contribution in [0.2, 0.25) is 0 Å². The summed E-state index contributed by atoms with van der Waals surface area (Å²) in [6.45, 7) is 8.55. The van der Waals surface area contributed by atoms with Crippen LogP contribution >= 0.6 is 0 Å². The summed E-state index contributed by atoms with van der Waals surface area (Å²) in [6, 6.07) is -0.407. The Morgan fingerprint density at radius 2 is 1.84 bits per heavy atom. The molecule has 0 heterocycles. The van der Waals surface area contributed by atoms with Crippen molar-refractivity contribution in [1.82, 2.24) is 10.6 Å². The van der Waals surface area contributed by atoms with Crippen molar-refractivity contribution in [3.8, 4) is 0 Å². The minimum atomic E-state index is -0.848. The molecule has 1 amide bonds. The molecule has 2 unspecified atom stereocenters. The predicted octanol–water partition coefficient (Wildman–Crippen LogP) is 0.0508. The summed E-state index contributed by atoms with van der Waals surface area (Å²) in [7, 11) is 0. The number of rotatable bonds is 9. The first-order valence-corrected chi connectivity index (χ1v) is 6.71. The molecule has 0 saturated heterocycles. The average Bonchev–Trinajstić information content (AvgIpc) is 2.33. The van der Waals surface area contributed by atoms with Gasteiger partial charge in [0.15, 0.2) is 0 Å². The molecule has 0 bridgehead atoms. The Labute approximate surface area is 114 Å². The number of carbonyl (C=O) groups is 2. The van der Waals surface area contributed by atoms with Gasteiger partial charge in [0.05, 0.1) is 25.2 Å². The second-order valence-electron chi connectivity index (χ2n) is 4.93. The minimum Gasteiger partial charge on any atom is -0.466 e. The quantitative estimate of drug-likeness (QED) is 0.517. The summed E-state index contributed by atoms with van der Waals surface area (Å²) >= 11 is 0. The van der Waals surface area contributed by atoms with Crippen molar-refractivity contribution < 1.29 is 19.4 Å². The second kappa shape index (κ2) is 9.75. The van der Waals surface area contributed by atoms with Gasteiger partial charge in [0.25, 0.3) is 0 Å². The van der Waals surface area contributed by atoms with Gasteiger partial charge in [-0.15, -0.1) is 0 Å². The monoisotopic (exact) mass is 274 g/mol. The summed E-state index contributed by atoms with van der Waals surface area (Å²) in [4.78, 5) is 22.8. The molecule has 112 valence electrons. The van der Waals surface area contributed by atoms with E-state index < -0.39 is 18.1 Å². The summed E-state index contributed by atoms with van der Waals surface area (Å²) in [5.41, 5.74) is 0. The number of carbonyl (C=O) groups excluding carboxylic acids is 2. The third-order valence-electron chi connectivity index (χ3n) is 2.45. The van der Waals surface area contributed by atoms with E-state index in [4.69, 9.17) is 4.74 Å². The Balaban J connectivity index is 3.85. The lowest BCUT2D eigenvalue weighted by molar-refractivity contribution is -0.145. The molecule has 0 rings (SSSR count). The van der Waals surface area contributed by atoms with Gasteiger partial charge in [-0.1, -0.05) is 13.8 Å². The van der Waals surface area contributed by atoms with E-state index in [1.54, 1.807) is 13.8 Å². The number of nitrogens with one attached hydrogen (secondary N) is 2. The number of aliphatic hydroxyl groups excluding tert-OH is 1. The van der Waals surface area contributed by atoms with E-state index in [1.807, 2.05) is 13.8 Å². The van der Waals surface area contributed by atoms with Crippen LogP contribution in [0.3, 0.4) is 0 Å². The van der Waals surface area contributed by atoms with Crippen molar-refractivity contribution in [3.05, 3.63) is 0 Å². The van der Waals surface area contributed by atoms with Gasteiger partial charge in [-0.2, -0.15) is 0 Å². The molecule has 0 aromatic rings. The Morgan fingerprint density at radius 3 is 2.37 bits per heavy atom. The van der Waals surface area contributed by atoms with Gasteiger partial charge >= 0.3 is 5.97 Å². The van der Waals surface area contributed by atoms with Crippen LogP contribution < -0.4 is 10.6 Å². The van der Waals surface area contributed by atoms with E-state index in [0.717, 1.165) is 0 Å². The minimum absolute atomic E-state index is 0.0683. The molecular formula is C13H26N2O4. The molecule has 19 heavy (non-hydrogen) atoms. The van der Waals surface area contributed by atoms with E-state index in [0.29, 0.717) is 19.1 Å². The molecule has 2 atom stereocenters. The molecular weight excluding hydrogens is 248 g/mol. The van der Waals surface area contributed by atoms with Crippen molar-refractivity contribution in [2.45, 2.75) is 46.3 Å². The van der Waals surface area contributed by atoms with Crippen LogP contribution in [0.4, 0.5) is 0 Å². The first-order valence-electron chi connectivity index (χ1n) is 6.71. The molecule has 6 heteroatoms. The SMILES string of the molecule is CCOC(=O)CC(O)CNC(C)C(=O)NCC(C)C. The van der Waals surface area contributed by atoms with E-state index >= 15 is 0 Å². The van der Waals surface area contributed by atoms with Gasteiger partial charge in [0, 0.05) is 13.1 Å². The summed E-state index contributed by atoms with van der Waals surface area (Å²) in [5, 5.41) is 15.3. The van der Waals surface area contributed by atoms with Gasteiger partial charge in [-0.25, -0.2) is 0 Å². The molecule has 0 aromatic carbocycles. The van der Waals surface area contributed by atoms with Crippen LogP contribution in [0.25, 0.3) is 0 Å². The normalized spacial score (nSPS) is 14.0. The smallest absolute Gasteiger partial charge is 0.308 e. The first-order chi connectivity index (χ1) is 8.86. The number of amides is 1. The fourth-order valence-corrected chi connectivity index (χ4v) is 1.35. The van der Waals surface area contributed by atoms with Crippen molar-refractivity contribution in [2.24, 2.45) is 5.92 Å². The molecule has 0 spiro atoms. The Bertz CT molecular complexity index is 282. The number of hydrogen-bond donors (Lipinski definition) is 3. The highest BCUT2D eigenvalue weighted by molar-refractivity contribution is 5.81. The van der Waals surface area contributed by atoms with Gasteiger partial charge in [0.1, 0.15) is 0 Å². The van der Waals surface area contributed by atoms with E-state index in [-0.39, 0.29) is 18.9 Å². The lowest BCUT2D eigenvalue weighted by Crippen LogP contribution is -2.45. The van der Waals surface area contributed by atoms with Gasteiger partial charge in [0.2, 0.25) is 5.91 Å². The molecule has 0 aromatic heterocycles. The third-order valence-corrected chi connectivity index (χ3v) is 2.45. The Morgan fingerprint density at radius 1 is 1.21 bits per heavy atom. The Hall–Kier alpha value is -1.14. The van der Waals surface area contributed by atoms with Crippen molar-refractivity contribution in [2.75, 3.05) is 19.7 Å². The molecule has 6 nitrogen and oxygen atoms in total. The lowest BCUT2D eigenvalue weighted by Gasteiger charge is -2.17. The van der Waals surface area contributed by atoms with Gasteiger partial charge < -0.3 is 20.5 Å². The maximum Gasteiger partial charge on any atom is 0.308 e. The maximum atomic E-state index is 11.6. The molecule has 0 aliphatic heterocycles. The number of ether oxygens (including phenoxy) is 1. The molecule has 0 aliphatic rings. The highest BCUT2D eigenvalue weighted by Crippen LogP contribution is 1.95. The fourth-order valence-electron chi connectivity index (χ4n) is 1.35. The molecule has 0 saturated carbocycles. The zero-order valence-electron chi connectivity index (χ0n) is 12.2. The van der Waals surface area contributed by atoms with Gasteiger partial charge in [-0.3, -0.25) is 9.59 Å². The molecule has 3 N–H and O–H groups in total. The summed E-state index contributed by atoms with van der Waals surface area (Å²) < 4.78 is 4.73. The van der Waals surface area contributed by atoms with E-state index in [9.17, 15) is 14.7 Å². The standard InChI is InChI=1S/C13H26N2O4/c1-5-19-12(17)6-11(16)8-14-10(4)13(18)15-7-9(2)3/h9-11,14,16H,5-8H2,1-4H3,(H,15,18). The molecule has 0 radical (unpaired) electrons. The number of esters is 1. The first kappa shape index (κ1) is 17.9. The zero-order valence-corrected chi connectivity index (χ0v) is 12.2. The van der Waals surface area contributed by atoms with Crippen LogP contribution in [0.5, 0.6) is 0 Å². The largest absolute Gasteiger partial charge is 0.466 e. The van der Waals surface area contributed by atoms with Crippen molar-refractivity contribution in [1.29, 1.82) is 0 Å². The Kier molecular flexibility index (Phi) is 9.16. The van der Waals surface area contributed by atoms with Crippen molar-refractivity contribution >= 4 is 11.9 Å². The van der Waals surface area contributed by atoms with Crippen LogP contribution in [0.1, 0.15) is 34.1 Å². The van der Waals surface area contributed by atoms with Gasteiger partial charge in [-0.05, 0) is 19.8 Å². The van der Waals surface area contributed by atoms with E-state index in [1.165, 1.54) is 0 Å². The van der Waals surface area contributed by atoms with E-state index in [2.05, 4.69) is 10.6 Å². The third kappa shape index (κ3) is 9.44. The molecule has 0 fully saturated rings. The number of hydrogen-bond acceptors (Lipinski definition) is 5. The topological polar surface area (TPSA) is 87.7 Å². The second-order valence-corrected chi connectivity index (χ2v) is 4.93. The highest BCUT2D eigenvalue weighted by Gasteiger charge is 2.16. The average molecular weight is 274 g/mol. The summed E-state index contributed by atoms with van der Waals surface area (Å²) in [5.74, 6) is -0.156. The van der Waals surface area contributed by atoms with Crippen LogP contribution in [0.15, 0.2) is 0 Å². The zero-order chi connectivity index (χ0) is 14.8. The van der Waals surface area contributed by atoms with Crippen LogP contribution in [0, 0.1) is 5.92 Å². The summed E-state index contributed by atoms with van der Waals surface area (Å²) in [6.07, 6.45) is -0.916. The fraction of sp³-hybridized carbons (Fsp3) is 0.846. The lowest BCUT2D eigenvalue weighted by atomic mass is 10.2. The van der Waals surface area contributed by atoms with Crippen LogP contribution in [-0.2, 0) is 14.3 Å². The molecule has 0 aliphatic carbocycles. The van der Waals surface area contributed by atoms with Crippen molar-refractivity contribution in [3.63, 3.8) is 0 Å².